The highest BCUT2D eigenvalue weighted by atomic mass is 35.5. The Morgan fingerprint density at radius 2 is 2.10 bits per heavy atom. The molecule has 1 aromatic carbocycles. The molecule has 56 valence electrons. The first-order chi connectivity index (χ1) is 4.33. The zero-order chi connectivity index (χ0) is 6.69. The lowest BCUT2D eigenvalue weighted by atomic mass is 10.3. The number of hydrogen-bond donors (Lipinski definition) is 1. The minimum atomic E-state index is -0.349. The van der Waals surface area contributed by atoms with Crippen LogP contribution in [0.3, 0.4) is 0 Å². The van der Waals surface area contributed by atoms with Crippen molar-refractivity contribution in [2.45, 2.75) is 0 Å². The first kappa shape index (κ1) is 9.20. The van der Waals surface area contributed by atoms with Gasteiger partial charge in [0, 0.05) is 6.07 Å². The van der Waals surface area contributed by atoms with Crippen LogP contribution in [0.5, 0.6) is 5.75 Å². The Morgan fingerprint density at radius 1 is 1.40 bits per heavy atom. The fourth-order valence-electron chi connectivity index (χ4n) is 0.540. The topological polar surface area (TPSA) is 35.2 Å². The summed E-state index contributed by atoms with van der Waals surface area (Å²) in [5, 5.41) is 0. The number of rotatable bonds is 1. The molecule has 0 spiro atoms. The van der Waals surface area contributed by atoms with E-state index in [9.17, 15) is 4.39 Å². The van der Waals surface area contributed by atoms with Gasteiger partial charge in [0.15, 0.2) is 0 Å². The first-order valence-electron chi connectivity index (χ1n) is 2.45. The lowest BCUT2D eigenvalue weighted by Crippen LogP contribution is -2.01. The summed E-state index contributed by atoms with van der Waals surface area (Å²) in [5.41, 5.74) is 0. The maximum absolute atomic E-state index is 12.2. The van der Waals surface area contributed by atoms with Crippen LogP contribution in [0.15, 0.2) is 24.3 Å². The van der Waals surface area contributed by atoms with E-state index in [4.69, 9.17) is 5.90 Å². The van der Waals surface area contributed by atoms with Crippen molar-refractivity contribution < 1.29 is 9.23 Å². The lowest BCUT2D eigenvalue weighted by molar-refractivity contribution is 0.332. The third-order valence-electron chi connectivity index (χ3n) is 0.932. The summed E-state index contributed by atoms with van der Waals surface area (Å²) in [6.45, 7) is 0. The number of benzene rings is 1. The van der Waals surface area contributed by atoms with Crippen molar-refractivity contribution in [2.24, 2.45) is 5.90 Å². The van der Waals surface area contributed by atoms with Gasteiger partial charge in [-0.2, -0.15) is 5.90 Å². The minimum Gasteiger partial charge on any atom is -0.411 e. The maximum Gasteiger partial charge on any atom is 0.149 e. The maximum atomic E-state index is 12.2. The van der Waals surface area contributed by atoms with E-state index in [0.717, 1.165) is 0 Å². The summed E-state index contributed by atoms with van der Waals surface area (Å²) in [7, 11) is 0. The largest absolute Gasteiger partial charge is 0.411 e. The standard InChI is InChI=1S/C6H6FNO.ClH/c7-5-2-1-3-6(4-5)9-8;/h1-4H,8H2;1H. The molecule has 0 fully saturated rings. The van der Waals surface area contributed by atoms with Gasteiger partial charge in [0.25, 0.3) is 0 Å². The van der Waals surface area contributed by atoms with Crippen molar-refractivity contribution in [2.75, 3.05) is 0 Å². The molecule has 1 rings (SSSR count). The molecular weight excluding hydrogens is 157 g/mol. The Kier molecular flexibility index (Phi) is 3.76. The van der Waals surface area contributed by atoms with Gasteiger partial charge in [-0.3, -0.25) is 0 Å². The molecular formula is C6H7ClFNO. The van der Waals surface area contributed by atoms with Gasteiger partial charge < -0.3 is 4.84 Å². The third-order valence-corrected chi connectivity index (χ3v) is 0.932. The SMILES string of the molecule is Cl.NOc1cccc(F)c1. The molecule has 0 amide bonds. The lowest BCUT2D eigenvalue weighted by Gasteiger charge is -1.94. The number of halogens is 2. The van der Waals surface area contributed by atoms with Gasteiger partial charge in [-0.25, -0.2) is 4.39 Å². The van der Waals surface area contributed by atoms with Crippen LogP contribution in [0, 0.1) is 5.82 Å². The monoisotopic (exact) mass is 163 g/mol. The summed E-state index contributed by atoms with van der Waals surface area (Å²) < 4.78 is 12.2. The predicted octanol–water partition coefficient (Wildman–Crippen LogP) is 1.50. The second-order valence-corrected chi connectivity index (χ2v) is 1.58. The minimum absolute atomic E-state index is 0. The molecule has 2 nitrogen and oxygen atoms in total. The van der Waals surface area contributed by atoms with Gasteiger partial charge in [-0.1, -0.05) is 6.07 Å². The van der Waals surface area contributed by atoms with Gasteiger partial charge in [0.05, 0.1) is 0 Å². The van der Waals surface area contributed by atoms with Crippen molar-refractivity contribution >= 4 is 12.4 Å². The van der Waals surface area contributed by atoms with Crippen molar-refractivity contribution in [3.8, 4) is 5.75 Å². The van der Waals surface area contributed by atoms with E-state index >= 15 is 0 Å². The van der Waals surface area contributed by atoms with Crippen LogP contribution in [-0.2, 0) is 0 Å². The fraction of sp³-hybridized carbons (Fsp3) is 0. The van der Waals surface area contributed by atoms with Crippen LogP contribution in [0.25, 0.3) is 0 Å². The highest BCUT2D eigenvalue weighted by molar-refractivity contribution is 5.85. The zero-order valence-electron chi connectivity index (χ0n) is 5.08. The Bertz CT molecular complexity index is 207. The molecule has 0 bridgehead atoms. The molecule has 0 radical (unpaired) electrons. The molecule has 0 saturated carbocycles. The molecule has 0 aliphatic rings. The van der Waals surface area contributed by atoms with E-state index in [-0.39, 0.29) is 18.2 Å². The van der Waals surface area contributed by atoms with E-state index in [0.29, 0.717) is 5.75 Å². The Balaban J connectivity index is 0.000000810. The van der Waals surface area contributed by atoms with Crippen molar-refractivity contribution in [1.29, 1.82) is 0 Å². The Labute approximate surface area is 64.2 Å². The number of hydrogen-bond acceptors (Lipinski definition) is 2. The third kappa shape index (κ3) is 2.21. The van der Waals surface area contributed by atoms with Gasteiger partial charge in [-0.05, 0) is 12.1 Å². The highest BCUT2D eigenvalue weighted by Gasteiger charge is 1.90. The van der Waals surface area contributed by atoms with Gasteiger partial charge in [0.2, 0.25) is 0 Å². The van der Waals surface area contributed by atoms with Crippen LogP contribution < -0.4 is 10.7 Å². The van der Waals surface area contributed by atoms with Crippen LogP contribution >= 0.6 is 12.4 Å². The summed E-state index contributed by atoms with van der Waals surface area (Å²) in [6, 6.07) is 5.63. The highest BCUT2D eigenvalue weighted by Crippen LogP contribution is 2.09. The molecule has 2 N–H and O–H groups in total. The summed E-state index contributed by atoms with van der Waals surface area (Å²) in [5.74, 6) is 4.73. The molecule has 0 unspecified atom stereocenters. The summed E-state index contributed by atoms with van der Waals surface area (Å²) in [4.78, 5) is 4.26. The van der Waals surface area contributed by atoms with E-state index in [1.54, 1.807) is 6.07 Å². The molecule has 0 heterocycles. The van der Waals surface area contributed by atoms with E-state index in [1.807, 2.05) is 0 Å². The quantitative estimate of drug-likeness (QED) is 0.637. The molecule has 0 aromatic heterocycles. The second kappa shape index (κ2) is 4.09. The Hall–Kier alpha value is -0.800. The van der Waals surface area contributed by atoms with E-state index < -0.39 is 0 Å². The van der Waals surface area contributed by atoms with Crippen LogP contribution in [0.4, 0.5) is 4.39 Å². The summed E-state index contributed by atoms with van der Waals surface area (Å²) in [6.07, 6.45) is 0. The Morgan fingerprint density at radius 3 is 2.50 bits per heavy atom. The van der Waals surface area contributed by atoms with Crippen molar-refractivity contribution in [3.63, 3.8) is 0 Å². The van der Waals surface area contributed by atoms with Crippen LogP contribution in [-0.4, -0.2) is 0 Å². The zero-order valence-corrected chi connectivity index (χ0v) is 5.90. The van der Waals surface area contributed by atoms with Crippen LogP contribution in [0.1, 0.15) is 0 Å². The average molecular weight is 164 g/mol. The van der Waals surface area contributed by atoms with Crippen molar-refractivity contribution in [3.05, 3.63) is 30.1 Å². The van der Waals surface area contributed by atoms with E-state index in [2.05, 4.69) is 4.84 Å². The molecule has 1 aromatic rings. The molecule has 0 aliphatic heterocycles. The smallest absolute Gasteiger partial charge is 0.149 e. The molecule has 10 heavy (non-hydrogen) atoms. The van der Waals surface area contributed by atoms with E-state index in [1.165, 1.54) is 18.2 Å². The normalized spacial score (nSPS) is 8.20. The van der Waals surface area contributed by atoms with Gasteiger partial charge in [0.1, 0.15) is 11.6 Å². The fourth-order valence-corrected chi connectivity index (χ4v) is 0.540. The number of nitrogens with two attached hydrogens (primary N) is 1. The first-order valence-corrected chi connectivity index (χ1v) is 2.45. The molecule has 0 atom stereocenters. The molecule has 4 heteroatoms. The van der Waals surface area contributed by atoms with Gasteiger partial charge >= 0.3 is 0 Å². The predicted molar refractivity (Wildman–Crippen MR) is 38.5 cm³/mol. The average Bonchev–Trinajstić information content (AvgIpc) is 1.88. The molecule has 0 aliphatic carbocycles. The van der Waals surface area contributed by atoms with Crippen LogP contribution in [0.2, 0.25) is 0 Å². The summed E-state index contributed by atoms with van der Waals surface area (Å²) >= 11 is 0. The molecule has 0 saturated heterocycles. The van der Waals surface area contributed by atoms with Crippen molar-refractivity contribution in [1.82, 2.24) is 0 Å². The van der Waals surface area contributed by atoms with Gasteiger partial charge in [-0.15, -0.1) is 12.4 Å². The second-order valence-electron chi connectivity index (χ2n) is 1.58.